The second-order valence-electron chi connectivity index (χ2n) is 31.5. The summed E-state index contributed by atoms with van der Waals surface area (Å²) in [6.07, 6.45) is 59.8. The molecule has 0 spiro atoms. The largest absolute Gasteiger partial charge is 0.472 e. The first-order valence-electron chi connectivity index (χ1n) is 42.7. The van der Waals surface area contributed by atoms with Crippen molar-refractivity contribution in [1.29, 1.82) is 0 Å². The molecule has 606 valence electrons. The Hall–Kier alpha value is -1.94. The Bertz CT molecular complexity index is 1990. The maximum absolute atomic E-state index is 13.1. The van der Waals surface area contributed by atoms with Crippen LogP contribution in [0.1, 0.15) is 428 Å². The van der Waals surface area contributed by atoms with E-state index in [1.807, 2.05) is 0 Å². The van der Waals surface area contributed by atoms with E-state index in [4.69, 9.17) is 37.0 Å². The minimum absolute atomic E-state index is 0.105. The normalized spacial score (nSPS) is 14.3. The number of aliphatic hydroxyl groups is 1. The van der Waals surface area contributed by atoms with Crippen LogP contribution in [0.15, 0.2) is 0 Å². The molecule has 0 bridgehead atoms. The molecule has 0 aromatic carbocycles. The van der Waals surface area contributed by atoms with E-state index >= 15 is 0 Å². The third kappa shape index (κ3) is 74.9. The number of esters is 4. The van der Waals surface area contributed by atoms with Crippen LogP contribution in [0.4, 0.5) is 0 Å². The van der Waals surface area contributed by atoms with Crippen LogP contribution in [-0.2, 0) is 65.4 Å². The molecule has 0 rings (SSSR count). The molecule has 0 amide bonds. The highest BCUT2D eigenvalue weighted by Crippen LogP contribution is 2.45. The van der Waals surface area contributed by atoms with E-state index in [2.05, 4.69) is 55.4 Å². The summed E-state index contributed by atoms with van der Waals surface area (Å²) in [6, 6.07) is 0. The Morgan fingerprint density at radius 1 is 0.275 bits per heavy atom. The van der Waals surface area contributed by atoms with E-state index in [1.54, 1.807) is 0 Å². The van der Waals surface area contributed by atoms with Crippen LogP contribution in [0.25, 0.3) is 0 Å². The number of phosphoric ester groups is 2. The van der Waals surface area contributed by atoms with Crippen molar-refractivity contribution >= 4 is 39.5 Å². The molecule has 0 saturated carbocycles. The van der Waals surface area contributed by atoms with Crippen molar-refractivity contribution in [2.45, 2.75) is 446 Å². The van der Waals surface area contributed by atoms with E-state index in [0.717, 1.165) is 120 Å². The number of rotatable bonds is 80. The standard InChI is InChI=1S/C83H162O17P2/c1-9-76(8)62-54-46-41-42-48-56-64-81(86)94-70-79(100-83(88)66-58-50-40-34-28-22-25-31-37-45-53-61-75(6)7)72-98-102(91,92)96-68-77(84)67-95-101(89,90)97-71-78(99-82(87)65-57-49-39-33-27-21-17-16-19-24-30-36-44-52-60-74(4)5)69-93-80(85)63-55-47-38-32-26-20-15-13-11-10-12-14-18-23-29-35-43-51-59-73(2)3/h73-79,84H,9-72H2,1-8H3,(H,89,90)(H,91,92)/t76?,77-,78-,79-/m1/s1. The lowest BCUT2D eigenvalue weighted by atomic mass is 10.00. The highest BCUT2D eigenvalue weighted by Gasteiger charge is 2.30. The second kappa shape index (κ2) is 72.0. The summed E-state index contributed by atoms with van der Waals surface area (Å²) < 4.78 is 68.8. The average Bonchev–Trinajstić information content (AvgIpc) is 0.929. The molecule has 0 saturated heterocycles. The van der Waals surface area contributed by atoms with Crippen molar-refractivity contribution in [1.82, 2.24) is 0 Å². The van der Waals surface area contributed by atoms with Gasteiger partial charge in [-0.05, 0) is 49.4 Å². The van der Waals surface area contributed by atoms with Gasteiger partial charge in [-0.25, -0.2) is 9.13 Å². The van der Waals surface area contributed by atoms with Crippen LogP contribution in [-0.4, -0.2) is 96.7 Å². The first-order valence-corrected chi connectivity index (χ1v) is 45.7. The maximum atomic E-state index is 13.1. The molecule has 0 aromatic rings. The lowest BCUT2D eigenvalue weighted by Gasteiger charge is -2.21. The summed E-state index contributed by atoms with van der Waals surface area (Å²) in [6.45, 7) is 14.3. The average molecular weight is 1490 g/mol. The second-order valence-corrected chi connectivity index (χ2v) is 34.4. The van der Waals surface area contributed by atoms with Crippen molar-refractivity contribution < 1.29 is 80.2 Å². The van der Waals surface area contributed by atoms with Crippen LogP contribution in [0.2, 0.25) is 0 Å². The molecule has 6 atom stereocenters. The SMILES string of the molecule is CCC(C)CCCCCCCCC(=O)OC[C@H](COP(=O)(O)OC[C@H](O)COP(=O)(O)OC[C@@H](COC(=O)CCCCCCCCCCCCCCCCCCCCC(C)C)OC(=O)CCCCCCCCCCCCCCCCC(C)C)OC(=O)CCCCCCCCCCCCCC(C)C. The van der Waals surface area contributed by atoms with Crippen LogP contribution >= 0.6 is 15.6 Å². The molecular weight excluding hydrogens is 1330 g/mol. The van der Waals surface area contributed by atoms with E-state index < -0.39 is 97.5 Å². The summed E-state index contributed by atoms with van der Waals surface area (Å²) in [5, 5.41) is 10.7. The number of carbonyl (C=O) groups is 4. The third-order valence-electron chi connectivity index (χ3n) is 19.7. The molecule has 3 N–H and O–H groups in total. The molecule has 0 fully saturated rings. The van der Waals surface area contributed by atoms with Gasteiger partial charge in [-0.3, -0.25) is 37.3 Å². The highest BCUT2D eigenvalue weighted by molar-refractivity contribution is 7.47. The van der Waals surface area contributed by atoms with Gasteiger partial charge in [0.25, 0.3) is 0 Å². The van der Waals surface area contributed by atoms with Gasteiger partial charge in [0.05, 0.1) is 26.4 Å². The van der Waals surface area contributed by atoms with E-state index in [-0.39, 0.29) is 25.7 Å². The smallest absolute Gasteiger partial charge is 0.462 e. The number of hydrogen-bond donors (Lipinski definition) is 3. The number of phosphoric acid groups is 2. The van der Waals surface area contributed by atoms with E-state index in [0.29, 0.717) is 25.7 Å². The topological polar surface area (TPSA) is 237 Å². The van der Waals surface area contributed by atoms with Gasteiger partial charge in [0.1, 0.15) is 19.3 Å². The Morgan fingerprint density at radius 2 is 0.471 bits per heavy atom. The molecule has 0 radical (unpaired) electrons. The predicted molar refractivity (Wildman–Crippen MR) is 418 cm³/mol. The van der Waals surface area contributed by atoms with Crippen molar-refractivity contribution in [3.8, 4) is 0 Å². The Labute approximate surface area is 626 Å². The lowest BCUT2D eigenvalue weighted by molar-refractivity contribution is -0.161. The fourth-order valence-electron chi connectivity index (χ4n) is 12.8. The van der Waals surface area contributed by atoms with Gasteiger partial charge in [0.15, 0.2) is 12.2 Å². The van der Waals surface area contributed by atoms with Crippen LogP contribution < -0.4 is 0 Å². The van der Waals surface area contributed by atoms with Crippen LogP contribution in [0.5, 0.6) is 0 Å². The zero-order valence-electron chi connectivity index (χ0n) is 67.2. The van der Waals surface area contributed by atoms with Crippen molar-refractivity contribution in [3.05, 3.63) is 0 Å². The Balaban J connectivity index is 5.22. The number of hydrogen-bond acceptors (Lipinski definition) is 15. The molecule has 0 heterocycles. The molecule has 0 aliphatic heterocycles. The molecule has 0 aromatic heterocycles. The molecule has 19 heteroatoms. The summed E-state index contributed by atoms with van der Waals surface area (Å²) >= 11 is 0. The summed E-state index contributed by atoms with van der Waals surface area (Å²) in [7, 11) is -9.92. The van der Waals surface area contributed by atoms with E-state index in [1.165, 1.54) is 225 Å². The van der Waals surface area contributed by atoms with Gasteiger partial charge in [-0.1, -0.05) is 376 Å². The summed E-state index contributed by atoms with van der Waals surface area (Å²) in [5.41, 5.74) is 0. The molecule has 3 unspecified atom stereocenters. The summed E-state index contributed by atoms with van der Waals surface area (Å²) in [5.74, 6) is 1.00. The molecule has 0 aliphatic carbocycles. The number of ether oxygens (including phenoxy) is 4. The maximum Gasteiger partial charge on any atom is 0.472 e. The van der Waals surface area contributed by atoms with Gasteiger partial charge in [0.2, 0.25) is 0 Å². The van der Waals surface area contributed by atoms with Gasteiger partial charge in [-0.15, -0.1) is 0 Å². The first-order chi connectivity index (χ1) is 49.1. The molecule has 0 aliphatic rings. The fourth-order valence-corrected chi connectivity index (χ4v) is 14.3. The fraction of sp³-hybridized carbons (Fsp3) is 0.952. The number of unbranched alkanes of at least 4 members (excludes halogenated alkanes) is 45. The molecule has 102 heavy (non-hydrogen) atoms. The zero-order valence-corrected chi connectivity index (χ0v) is 69.0. The lowest BCUT2D eigenvalue weighted by Crippen LogP contribution is -2.30. The predicted octanol–water partition coefficient (Wildman–Crippen LogP) is 24.8. The highest BCUT2D eigenvalue weighted by atomic mass is 31.2. The minimum Gasteiger partial charge on any atom is -0.462 e. The van der Waals surface area contributed by atoms with Crippen molar-refractivity contribution in [2.24, 2.45) is 23.7 Å². The van der Waals surface area contributed by atoms with Crippen LogP contribution in [0, 0.1) is 23.7 Å². The molecule has 17 nitrogen and oxygen atoms in total. The summed E-state index contributed by atoms with van der Waals surface area (Å²) in [4.78, 5) is 73.1. The zero-order chi connectivity index (χ0) is 75.3. The van der Waals surface area contributed by atoms with Gasteiger partial charge < -0.3 is 33.8 Å². The van der Waals surface area contributed by atoms with Crippen molar-refractivity contribution in [3.63, 3.8) is 0 Å². The first kappa shape index (κ1) is 100. The third-order valence-corrected chi connectivity index (χ3v) is 21.6. The van der Waals surface area contributed by atoms with Gasteiger partial charge in [-0.2, -0.15) is 0 Å². The number of carbonyl (C=O) groups excluding carboxylic acids is 4. The van der Waals surface area contributed by atoms with Gasteiger partial charge >= 0.3 is 39.5 Å². The van der Waals surface area contributed by atoms with E-state index in [9.17, 15) is 43.2 Å². The van der Waals surface area contributed by atoms with Crippen molar-refractivity contribution in [2.75, 3.05) is 39.6 Å². The molecular formula is C83H162O17P2. The van der Waals surface area contributed by atoms with Gasteiger partial charge in [0, 0.05) is 25.7 Å². The quantitative estimate of drug-likeness (QED) is 0.0222. The number of aliphatic hydroxyl groups excluding tert-OH is 1. The monoisotopic (exact) mass is 1490 g/mol. The Kier molecular flexibility index (Phi) is 70.6. The van der Waals surface area contributed by atoms with Crippen LogP contribution in [0.3, 0.4) is 0 Å². The minimum atomic E-state index is -4.96. The Morgan fingerprint density at radius 3 is 0.696 bits per heavy atom.